The van der Waals surface area contributed by atoms with Gasteiger partial charge in [0.1, 0.15) is 16.9 Å². The molecule has 0 saturated carbocycles. The summed E-state index contributed by atoms with van der Waals surface area (Å²) in [7, 11) is 3.43. The molecule has 0 fully saturated rings. The monoisotopic (exact) mass is 512 g/mol. The van der Waals surface area contributed by atoms with Crippen molar-refractivity contribution in [3.63, 3.8) is 0 Å². The molecule has 0 aliphatic carbocycles. The molecule has 37 heavy (non-hydrogen) atoms. The summed E-state index contributed by atoms with van der Waals surface area (Å²) >= 11 is 0. The van der Waals surface area contributed by atoms with Crippen molar-refractivity contribution in [2.45, 2.75) is 32.1 Å². The predicted molar refractivity (Wildman–Crippen MR) is 149 cm³/mol. The van der Waals surface area contributed by atoms with Gasteiger partial charge in [0.05, 0.1) is 7.11 Å². The van der Waals surface area contributed by atoms with Crippen molar-refractivity contribution in [1.82, 2.24) is 10.6 Å². The molecular formula is C28H40N4O5. The Morgan fingerprint density at radius 2 is 1.57 bits per heavy atom. The molecule has 0 saturated heterocycles. The van der Waals surface area contributed by atoms with E-state index >= 15 is 0 Å². The van der Waals surface area contributed by atoms with Gasteiger partial charge in [-0.3, -0.25) is 4.79 Å². The first-order valence-corrected chi connectivity index (χ1v) is 13.0. The molecule has 3 rings (SSSR count). The second-order valence-electron chi connectivity index (χ2n) is 9.15. The van der Waals surface area contributed by atoms with E-state index in [2.05, 4.69) is 22.6 Å². The number of nitrogens with zero attached hydrogens (tertiary/aromatic N) is 1. The second-order valence-corrected chi connectivity index (χ2v) is 9.15. The molecule has 0 unspecified atom stereocenters. The smallest absolute Gasteiger partial charge is 0.204 e. The first kappa shape index (κ1) is 28.3. The Hall–Kier alpha value is -3.27. The van der Waals surface area contributed by atoms with Gasteiger partial charge in [0, 0.05) is 37.0 Å². The average Bonchev–Trinajstić information content (AvgIpc) is 2.89. The number of aromatic hydroxyl groups is 2. The fourth-order valence-electron chi connectivity index (χ4n) is 4.21. The Morgan fingerprint density at radius 3 is 2.22 bits per heavy atom. The van der Waals surface area contributed by atoms with E-state index in [-0.39, 0.29) is 28.2 Å². The van der Waals surface area contributed by atoms with Gasteiger partial charge in [0.2, 0.25) is 5.75 Å². The minimum Gasteiger partial charge on any atom is -0.507 e. The highest BCUT2D eigenvalue weighted by atomic mass is 16.5. The van der Waals surface area contributed by atoms with Gasteiger partial charge in [-0.15, -0.1) is 0 Å². The van der Waals surface area contributed by atoms with Gasteiger partial charge in [0.25, 0.3) is 0 Å². The summed E-state index contributed by atoms with van der Waals surface area (Å²) in [6, 6.07) is 10.1. The van der Waals surface area contributed by atoms with E-state index in [1.54, 1.807) is 0 Å². The molecule has 1 aromatic heterocycles. The SMILES string of the molecule is COc1c(O)cc(O)c2c(=O)cc(-c3ccc(N(C)CCCCNCCCNCCCCN)cc3)oc12. The van der Waals surface area contributed by atoms with Crippen LogP contribution in [0.4, 0.5) is 5.69 Å². The highest BCUT2D eigenvalue weighted by Crippen LogP contribution is 2.40. The number of anilines is 1. The van der Waals surface area contributed by atoms with Gasteiger partial charge in [-0.25, -0.2) is 0 Å². The fraction of sp³-hybridized carbons (Fsp3) is 0.464. The molecule has 1 heterocycles. The van der Waals surface area contributed by atoms with Crippen LogP contribution in [0.15, 0.2) is 45.6 Å². The van der Waals surface area contributed by atoms with E-state index in [4.69, 9.17) is 14.9 Å². The number of fused-ring (bicyclic) bond motifs is 1. The Morgan fingerprint density at radius 1 is 0.919 bits per heavy atom. The number of nitrogens with two attached hydrogens (primary N) is 1. The van der Waals surface area contributed by atoms with Crippen LogP contribution in [0.25, 0.3) is 22.3 Å². The normalized spacial score (nSPS) is 11.2. The zero-order valence-corrected chi connectivity index (χ0v) is 21.9. The topological polar surface area (TPSA) is 133 Å². The van der Waals surface area contributed by atoms with Crippen molar-refractivity contribution in [3.8, 4) is 28.6 Å². The molecule has 0 atom stereocenters. The lowest BCUT2D eigenvalue weighted by molar-refractivity contribution is 0.367. The maximum absolute atomic E-state index is 12.7. The van der Waals surface area contributed by atoms with Gasteiger partial charge in [-0.2, -0.15) is 0 Å². The molecule has 9 nitrogen and oxygen atoms in total. The first-order valence-electron chi connectivity index (χ1n) is 13.0. The number of hydrogen-bond acceptors (Lipinski definition) is 9. The van der Waals surface area contributed by atoms with Crippen LogP contribution in [0.1, 0.15) is 32.1 Å². The molecule has 2 aromatic carbocycles. The Kier molecular flexibility index (Phi) is 11.1. The molecule has 3 aromatic rings. The van der Waals surface area contributed by atoms with E-state index in [0.29, 0.717) is 11.3 Å². The number of rotatable bonds is 16. The van der Waals surface area contributed by atoms with Gasteiger partial charge in [-0.1, -0.05) is 0 Å². The largest absolute Gasteiger partial charge is 0.507 e. The standard InChI is InChI=1S/C28H40N4O5/c1-32(17-6-5-14-31-16-7-15-30-13-4-3-12-29)21-10-8-20(9-11-21)25-19-23(34)26-22(33)18-24(35)27(36-2)28(26)37-25/h8-11,18-19,30-31,33,35H,3-7,12-17,29H2,1-2H3. The van der Waals surface area contributed by atoms with Crippen molar-refractivity contribution in [1.29, 1.82) is 0 Å². The van der Waals surface area contributed by atoms with E-state index in [1.165, 1.54) is 13.2 Å². The molecular weight excluding hydrogens is 472 g/mol. The van der Waals surface area contributed by atoms with Crippen LogP contribution in [0.5, 0.6) is 17.2 Å². The van der Waals surface area contributed by atoms with Crippen LogP contribution in [0, 0.1) is 0 Å². The van der Waals surface area contributed by atoms with Gasteiger partial charge >= 0.3 is 0 Å². The molecule has 0 bridgehead atoms. The van der Waals surface area contributed by atoms with Crippen molar-refractivity contribution in [2.75, 3.05) is 58.3 Å². The minimum atomic E-state index is -0.416. The summed E-state index contributed by atoms with van der Waals surface area (Å²) in [6.45, 7) is 5.82. The van der Waals surface area contributed by atoms with Crippen LogP contribution < -0.4 is 31.4 Å². The zero-order valence-electron chi connectivity index (χ0n) is 21.9. The van der Waals surface area contributed by atoms with Crippen LogP contribution in [-0.4, -0.2) is 63.6 Å². The van der Waals surface area contributed by atoms with E-state index in [1.807, 2.05) is 24.3 Å². The average molecular weight is 513 g/mol. The third-order valence-corrected chi connectivity index (χ3v) is 6.32. The number of hydrogen-bond donors (Lipinski definition) is 5. The highest BCUT2D eigenvalue weighted by Gasteiger charge is 2.19. The Bertz CT molecular complexity index is 1180. The maximum Gasteiger partial charge on any atom is 0.204 e. The lowest BCUT2D eigenvalue weighted by Gasteiger charge is -2.19. The molecule has 0 spiro atoms. The van der Waals surface area contributed by atoms with Crippen LogP contribution in [0.2, 0.25) is 0 Å². The number of nitrogens with one attached hydrogen (secondary N) is 2. The summed E-state index contributed by atoms with van der Waals surface area (Å²) in [5.41, 5.74) is 6.86. The number of methoxy groups -OCH3 is 1. The van der Waals surface area contributed by atoms with E-state index < -0.39 is 5.43 Å². The summed E-state index contributed by atoms with van der Waals surface area (Å²) in [4.78, 5) is 14.9. The number of unbranched alkanes of at least 4 members (excludes halogenated alkanes) is 2. The second kappa shape index (κ2) is 14.5. The lowest BCUT2D eigenvalue weighted by atomic mass is 10.1. The van der Waals surface area contributed by atoms with Crippen LogP contribution in [-0.2, 0) is 0 Å². The number of benzene rings is 2. The summed E-state index contributed by atoms with van der Waals surface area (Å²) < 4.78 is 11.1. The number of phenols is 2. The van der Waals surface area contributed by atoms with Crippen LogP contribution >= 0.6 is 0 Å². The van der Waals surface area contributed by atoms with Gasteiger partial charge in [0.15, 0.2) is 16.8 Å². The van der Waals surface area contributed by atoms with Crippen molar-refractivity contribution < 1.29 is 19.4 Å². The maximum atomic E-state index is 12.7. The molecule has 0 radical (unpaired) electrons. The molecule has 0 aliphatic heterocycles. The van der Waals surface area contributed by atoms with E-state index in [9.17, 15) is 15.0 Å². The Balaban J connectivity index is 1.48. The van der Waals surface area contributed by atoms with Crippen molar-refractivity contribution in [3.05, 3.63) is 46.6 Å². The van der Waals surface area contributed by atoms with Crippen molar-refractivity contribution in [2.24, 2.45) is 5.73 Å². The van der Waals surface area contributed by atoms with Gasteiger partial charge in [-0.05, 0) is 89.1 Å². The number of ether oxygens (including phenoxy) is 1. The molecule has 0 amide bonds. The predicted octanol–water partition coefficient (Wildman–Crippen LogP) is 3.40. The molecule has 9 heteroatoms. The third kappa shape index (κ3) is 7.85. The van der Waals surface area contributed by atoms with Crippen molar-refractivity contribution >= 4 is 16.7 Å². The lowest BCUT2D eigenvalue weighted by Crippen LogP contribution is -2.24. The quantitative estimate of drug-likeness (QED) is 0.183. The van der Waals surface area contributed by atoms with Crippen LogP contribution in [0.3, 0.4) is 0 Å². The zero-order chi connectivity index (χ0) is 26.6. The minimum absolute atomic E-state index is 0.00702. The first-order chi connectivity index (χ1) is 18.0. The molecule has 202 valence electrons. The highest BCUT2D eigenvalue weighted by molar-refractivity contribution is 5.91. The van der Waals surface area contributed by atoms with Gasteiger partial charge < -0.3 is 40.6 Å². The third-order valence-electron chi connectivity index (χ3n) is 6.32. The Labute approximate surface area is 218 Å². The van der Waals surface area contributed by atoms with E-state index in [0.717, 1.165) is 83.1 Å². The summed E-state index contributed by atoms with van der Waals surface area (Å²) in [5, 5.41) is 27.1. The molecule has 0 aliphatic rings. The fourth-order valence-corrected chi connectivity index (χ4v) is 4.21. The summed E-state index contributed by atoms with van der Waals surface area (Å²) in [6.07, 6.45) is 5.54. The number of phenolic OH excluding ortho intramolecular Hbond substituents is 2. The molecule has 6 N–H and O–H groups in total. The summed E-state index contributed by atoms with van der Waals surface area (Å²) in [5.74, 6) is -0.322.